The molecule has 19 nitrogen and oxygen atoms in total. The summed E-state index contributed by atoms with van der Waals surface area (Å²) in [6.45, 7) is 3.36. The molecule has 0 saturated heterocycles. The molecule has 6 N–H and O–H groups in total. The van der Waals surface area contributed by atoms with Crippen molar-refractivity contribution in [3.63, 3.8) is 0 Å². The van der Waals surface area contributed by atoms with Crippen LogP contribution in [-0.4, -0.2) is 50.2 Å². The second-order valence-corrected chi connectivity index (χ2v) is 17.1. The summed E-state index contributed by atoms with van der Waals surface area (Å²) in [5.41, 5.74) is 2.45. The number of amides is 2. The van der Waals surface area contributed by atoms with Crippen molar-refractivity contribution in [3.8, 4) is 0 Å². The lowest BCUT2D eigenvalue weighted by Crippen LogP contribution is -2.19. The minimum Gasteiger partial charge on any atom is -0.308 e. The van der Waals surface area contributed by atoms with Gasteiger partial charge in [0.25, 0.3) is 30.4 Å². The summed E-state index contributed by atoms with van der Waals surface area (Å²) >= 11 is 0.595. The maximum atomic E-state index is 12.9. The predicted octanol–water partition coefficient (Wildman–Crippen LogP) is 9.25. The number of rotatable bonds is 12. The molecule has 58 heavy (non-hydrogen) atoms. The Kier molecular flexibility index (Phi) is 12.0. The number of nitrogens with zero attached hydrogens (tertiary/aromatic N) is 4. The van der Waals surface area contributed by atoms with Crippen LogP contribution >= 0.6 is 12.0 Å². The van der Waals surface area contributed by atoms with Gasteiger partial charge in [0.1, 0.15) is 14.7 Å². The summed E-state index contributed by atoms with van der Waals surface area (Å²) in [7, 11) is -14.3. The van der Waals surface area contributed by atoms with Gasteiger partial charge < -0.3 is 10.6 Å². The largest absolute Gasteiger partial charge is 0.323 e. The third kappa shape index (κ3) is 9.68. The molecule has 0 heterocycles. The second-order valence-electron chi connectivity index (χ2n) is 12.2. The highest BCUT2D eigenvalue weighted by atomic mass is 32.2. The first kappa shape index (κ1) is 41.9. The van der Waals surface area contributed by atoms with Gasteiger partial charge in [0.05, 0.1) is 34.8 Å². The number of hydrogen-bond acceptors (Lipinski definition) is 15. The van der Waals surface area contributed by atoms with Gasteiger partial charge in [-0.2, -0.15) is 45.7 Å². The quantitative estimate of drug-likeness (QED) is 0.0220. The van der Waals surface area contributed by atoms with Gasteiger partial charge in [-0.3, -0.25) is 13.7 Å². The van der Waals surface area contributed by atoms with Crippen LogP contribution in [0, 0.1) is 13.8 Å². The maximum Gasteiger partial charge on any atom is 0.323 e. The molecule has 23 heteroatoms. The third-order valence-electron chi connectivity index (χ3n) is 8.25. The first-order chi connectivity index (χ1) is 27.3. The Morgan fingerprint density at radius 1 is 0.569 bits per heavy atom. The highest BCUT2D eigenvalue weighted by molar-refractivity contribution is 7.94. The lowest BCUT2D eigenvalue weighted by molar-refractivity contribution is -0.432. The molecule has 300 valence electrons. The number of hydrogen-bond donors (Lipinski definition) is 6. The van der Waals surface area contributed by atoms with Crippen LogP contribution in [0.1, 0.15) is 11.1 Å². The topological polar surface area (TPSA) is 292 Å². The maximum absolute atomic E-state index is 12.9. The normalized spacial score (nSPS) is 12.5. The lowest BCUT2D eigenvalue weighted by atomic mass is 10.1. The van der Waals surface area contributed by atoms with Crippen molar-refractivity contribution in [1.82, 2.24) is 0 Å². The van der Waals surface area contributed by atoms with E-state index >= 15 is 0 Å². The van der Waals surface area contributed by atoms with Crippen molar-refractivity contribution in [3.05, 3.63) is 108 Å². The molecule has 0 fully saturated rings. The Labute approximate surface area is 333 Å². The number of benzene rings is 6. The summed E-state index contributed by atoms with van der Waals surface area (Å²) in [5, 5.41) is 34.2. The molecule has 0 aromatic heterocycles. The molecule has 0 bridgehead atoms. The van der Waals surface area contributed by atoms with E-state index in [1.54, 1.807) is 44.2 Å². The fraction of sp³-hybridized carbons (Fsp3) is 0.0571. The zero-order valence-corrected chi connectivity index (χ0v) is 32.9. The molecule has 0 aliphatic heterocycles. The van der Waals surface area contributed by atoms with Crippen LogP contribution in [0.25, 0.3) is 21.5 Å². The third-order valence-corrected chi connectivity index (χ3v) is 11.6. The van der Waals surface area contributed by atoms with Gasteiger partial charge in [-0.25, -0.2) is 10.1 Å². The number of carbonyl (C=O) groups is 1. The number of fused-ring (bicyclic) bond motifs is 2. The molecule has 0 aliphatic carbocycles. The molecular weight excluding hydrogens is 841 g/mol. The molecular formula is C35H28N6O13S4. The number of azo groups is 2. The Hall–Kier alpha value is -5.73. The van der Waals surface area contributed by atoms with Gasteiger partial charge in [0, 0.05) is 37.8 Å². The fourth-order valence-corrected chi connectivity index (χ4v) is 8.36. The predicted molar refractivity (Wildman–Crippen MR) is 211 cm³/mol. The number of carbonyl (C=O) groups excluding carboxylic acids is 1. The van der Waals surface area contributed by atoms with Crippen LogP contribution in [0.15, 0.2) is 137 Å². The zero-order chi connectivity index (χ0) is 42.0. The van der Waals surface area contributed by atoms with Gasteiger partial charge in [0.2, 0.25) is 0 Å². The number of aryl methyl sites for hydroxylation is 2. The Morgan fingerprint density at radius 3 is 1.50 bits per heavy atom. The van der Waals surface area contributed by atoms with E-state index in [4.69, 9.17) is 5.26 Å². The van der Waals surface area contributed by atoms with Gasteiger partial charge in [-0.05, 0) is 97.8 Å². The van der Waals surface area contributed by atoms with E-state index in [-0.39, 0.29) is 27.5 Å². The van der Waals surface area contributed by atoms with Crippen molar-refractivity contribution in [1.29, 1.82) is 0 Å². The van der Waals surface area contributed by atoms with Crippen LogP contribution < -0.4 is 10.6 Å². The van der Waals surface area contributed by atoms with Crippen molar-refractivity contribution < 1.29 is 58.3 Å². The second kappa shape index (κ2) is 16.6. The van der Waals surface area contributed by atoms with Crippen molar-refractivity contribution >= 4 is 104 Å². The Bertz CT molecular complexity index is 3030. The molecule has 6 aromatic rings. The van der Waals surface area contributed by atoms with Crippen LogP contribution in [0.3, 0.4) is 0 Å². The van der Waals surface area contributed by atoms with E-state index in [9.17, 15) is 43.7 Å². The standard InChI is InChI=1S/C35H28N6O13S4/c1-19-13-21(9-11-29(19)40-38-23-15-27-25(33(17-23)57(47,48)49)5-3-7-31(27)55-54-53-43)36-35(42)37-22-10-12-30(20(2)14-22)41-39-24-16-28-26(34(18-24)58(50,51)52)6-4-8-32(28)56(44,45)46/h3-18,43H,1-2H3,(H2,36,37,42)(H,44,45,46)(H,47,48,49)(H,50,51,52). The summed E-state index contributed by atoms with van der Waals surface area (Å²) in [6.07, 6.45) is 0. The Balaban J connectivity index is 1.16. The van der Waals surface area contributed by atoms with E-state index < -0.39 is 51.1 Å². The molecule has 0 unspecified atom stereocenters. The molecule has 0 spiro atoms. The summed E-state index contributed by atoms with van der Waals surface area (Å²) in [6, 6.07) is 21.7. The van der Waals surface area contributed by atoms with Gasteiger partial charge >= 0.3 is 6.03 Å². The first-order valence-electron chi connectivity index (χ1n) is 16.2. The van der Waals surface area contributed by atoms with Crippen molar-refractivity contribution in [2.24, 2.45) is 20.5 Å². The van der Waals surface area contributed by atoms with E-state index in [0.29, 0.717) is 56.2 Å². The van der Waals surface area contributed by atoms with Gasteiger partial charge in [0.15, 0.2) is 0 Å². The fourth-order valence-electron chi connectivity index (χ4n) is 5.72. The lowest BCUT2D eigenvalue weighted by Gasteiger charge is -2.11. The zero-order valence-electron chi connectivity index (χ0n) is 29.6. The molecule has 6 aromatic carbocycles. The smallest absolute Gasteiger partial charge is 0.308 e. The molecule has 2 amide bonds. The number of anilines is 2. The highest BCUT2D eigenvalue weighted by Gasteiger charge is 2.22. The van der Waals surface area contributed by atoms with Crippen LogP contribution in [0.2, 0.25) is 0 Å². The van der Waals surface area contributed by atoms with Crippen molar-refractivity contribution in [2.45, 2.75) is 33.4 Å². The highest BCUT2D eigenvalue weighted by Crippen LogP contribution is 2.37. The summed E-state index contributed by atoms with van der Waals surface area (Å²) in [5.74, 6) is 0. The van der Waals surface area contributed by atoms with E-state index in [0.717, 1.165) is 18.2 Å². The SMILES string of the molecule is Cc1cc(NC(=O)Nc2ccc(N=Nc3cc(S(=O)(=O)O)c4cccc(S(=O)(=O)O)c4c3)c(C)c2)ccc1N=Nc1cc(S(=O)(=O)O)c2cccc(SOOO)c2c1. The number of urea groups is 1. The molecule has 0 aliphatic rings. The molecule has 0 saturated carbocycles. The molecule has 0 atom stereocenters. The van der Waals surface area contributed by atoms with Gasteiger partial charge in [-0.1, -0.05) is 29.3 Å². The first-order valence-corrected chi connectivity index (χ1v) is 21.2. The minimum absolute atomic E-state index is 0.0658. The average molecular weight is 869 g/mol. The molecule has 0 radical (unpaired) electrons. The van der Waals surface area contributed by atoms with Crippen molar-refractivity contribution in [2.75, 3.05) is 10.6 Å². The summed E-state index contributed by atoms with van der Waals surface area (Å²) < 4.78 is 106. The molecule has 6 rings (SSSR count). The van der Waals surface area contributed by atoms with E-state index in [2.05, 4.69) is 40.5 Å². The van der Waals surface area contributed by atoms with E-state index in [1.165, 1.54) is 48.5 Å². The minimum atomic E-state index is -4.85. The van der Waals surface area contributed by atoms with Crippen LogP contribution in [0.5, 0.6) is 0 Å². The average Bonchev–Trinajstić information content (AvgIpc) is 3.14. The monoisotopic (exact) mass is 868 g/mol. The van der Waals surface area contributed by atoms with Gasteiger partial charge in [-0.15, -0.1) is 4.33 Å². The van der Waals surface area contributed by atoms with Crippen LogP contribution in [0.4, 0.5) is 38.9 Å². The number of nitrogens with one attached hydrogen (secondary N) is 2. The Morgan fingerprint density at radius 2 is 1.03 bits per heavy atom. The van der Waals surface area contributed by atoms with E-state index in [1.807, 2.05) is 0 Å². The van der Waals surface area contributed by atoms with Crippen LogP contribution in [-0.2, 0) is 39.7 Å². The summed E-state index contributed by atoms with van der Waals surface area (Å²) in [4.78, 5) is 11.6.